The van der Waals surface area contributed by atoms with E-state index in [9.17, 15) is 31.5 Å². The van der Waals surface area contributed by atoms with Crippen molar-refractivity contribution < 1.29 is 41.0 Å². The van der Waals surface area contributed by atoms with Crippen LogP contribution in [0.2, 0.25) is 0 Å². The molecule has 4 rings (SSSR count). The molecule has 0 heterocycles. The van der Waals surface area contributed by atoms with Crippen molar-refractivity contribution in [2.24, 2.45) is 0 Å². The minimum Gasteiger partial charge on any atom is -0.449 e. The molecule has 0 aromatic heterocycles. The number of fused-ring (bicyclic) bond motifs is 3. The molecule has 3 aromatic rings. The molecule has 0 unspecified atom stereocenters. The van der Waals surface area contributed by atoms with Crippen LogP contribution in [-0.4, -0.2) is 25.2 Å². The van der Waals surface area contributed by atoms with Gasteiger partial charge >= 0.3 is 12.1 Å². The predicted molar refractivity (Wildman–Crippen MR) is 146 cm³/mol. The number of hydrogen-bond donors (Lipinski definition) is 1. The molecule has 0 saturated carbocycles. The van der Waals surface area contributed by atoms with Crippen LogP contribution in [0.1, 0.15) is 74.8 Å². The van der Waals surface area contributed by atoms with Crippen LogP contribution in [0.15, 0.2) is 48.5 Å². The Hall–Kier alpha value is -3.95. The minimum atomic E-state index is -2.31. The lowest BCUT2D eigenvalue weighted by Gasteiger charge is -2.14. The average Bonchev–Trinajstić information content (AvgIpc) is 3.32. The molecule has 3 aromatic carbocycles. The zero-order chi connectivity index (χ0) is 30.1. The lowest BCUT2D eigenvalue weighted by molar-refractivity contribution is -0.135. The fraction of sp³-hybridized carbons (Fsp3) is 0.375. The summed E-state index contributed by atoms with van der Waals surface area (Å²) in [7, 11) is 0. The Labute approximate surface area is 241 Å². The first-order chi connectivity index (χ1) is 20.3. The summed E-state index contributed by atoms with van der Waals surface area (Å²) in [6.45, 7) is 0.788. The average molecular weight is 590 g/mol. The van der Waals surface area contributed by atoms with Gasteiger partial charge in [-0.2, -0.15) is 8.78 Å². The molecule has 0 atom stereocenters. The van der Waals surface area contributed by atoms with Crippen LogP contribution in [0.5, 0.6) is 5.75 Å². The lowest BCUT2D eigenvalue weighted by Crippen LogP contribution is -2.27. The number of rotatable bonds is 14. The second kappa shape index (κ2) is 14.8. The van der Waals surface area contributed by atoms with Crippen molar-refractivity contribution in [3.05, 3.63) is 88.7 Å². The van der Waals surface area contributed by atoms with Gasteiger partial charge in [0.05, 0.1) is 0 Å². The van der Waals surface area contributed by atoms with Gasteiger partial charge in [0.15, 0.2) is 0 Å². The Balaban J connectivity index is 1.02. The number of amides is 1. The molecular formula is C32H32F5NO4. The quantitative estimate of drug-likeness (QED) is 0.0513. The molecule has 0 bridgehead atoms. The van der Waals surface area contributed by atoms with E-state index in [1.165, 1.54) is 11.1 Å². The summed E-state index contributed by atoms with van der Waals surface area (Å²) in [6, 6.07) is 16.3. The second-order valence-electron chi connectivity index (χ2n) is 10.2. The molecule has 1 aliphatic rings. The maximum Gasteiger partial charge on any atom is 0.407 e. The van der Waals surface area contributed by atoms with E-state index in [0.29, 0.717) is 19.4 Å². The number of esters is 1. The van der Waals surface area contributed by atoms with Crippen molar-refractivity contribution in [1.29, 1.82) is 0 Å². The number of halogens is 5. The van der Waals surface area contributed by atoms with Crippen molar-refractivity contribution in [2.45, 2.75) is 63.7 Å². The van der Waals surface area contributed by atoms with Gasteiger partial charge in [0.25, 0.3) is 0 Å². The van der Waals surface area contributed by atoms with Crippen molar-refractivity contribution in [3.8, 4) is 16.9 Å². The van der Waals surface area contributed by atoms with Crippen LogP contribution in [0.25, 0.3) is 11.1 Å². The summed E-state index contributed by atoms with van der Waals surface area (Å²) < 4.78 is 76.6. The number of nitrogens with one attached hydrogen (secondary N) is 1. The van der Waals surface area contributed by atoms with Gasteiger partial charge in [0.2, 0.25) is 34.8 Å². The molecule has 10 heteroatoms. The Morgan fingerprint density at radius 3 is 1.69 bits per heavy atom. The topological polar surface area (TPSA) is 64.6 Å². The summed E-state index contributed by atoms with van der Waals surface area (Å²) in [5.74, 6) is -13.6. The van der Waals surface area contributed by atoms with Gasteiger partial charge < -0.3 is 14.8 Å². The highest BCUT2D eigenvalue weighted by molar-refractivity contribution is 5.79. The van der Waals surface area contributed by atoms with E-state index in [-0.39, 0.29) is 18.9 Å². The molecule has 1 amide bonds. The van der Waals surface area contributed by atoms with Gasteiger partial charge in [0, 0.05) is 18.9 Å². The molecule has 0 spiro atoms. The van der Waals surface area contributed by atoms with Gasteiger partial charge in [-0.25, -0.2) is 18.0 Å². The Morgan fingerprint density at radius 2 is 1.12 bits per heavy atom. The molecule has 5 nitrogen and oxygen atoms in total. The van der Waals surface area contributed by atoms with E-state index < -0.39 is 46.9 Å². The largest absolute Gasteiger partial charge is 0.449 e. The molecule has 1 aliphatic carbocycles. The Morgan fingerprint density at radius 1 is 0.643 bits per heavy atom. The highest BCUT2D eigenvalue weighted by Gasteiger charge is 2.30. The van der Waals surface area contributed by atoms with Crippen molar-refractivity contribution in [1.82, 2.24) is 5.32 Å². The summed E-state index contributed by atoms with van der Waals surface area (Å²) in [5, 5.41) is 2.81. The van der Waals surface area contributed by atoms with Crippen LogP contribution in [0.3, 0.4) is 0 Å². The smallest absolute Gasteiger partial charge is 0.407 e. The van der Waals surface area contributed by atoms with E-state index in [0.717, 1.165) is 49.7 Å². The zero-order valence-corrected chi connectivity index (χ0v) is 23.0. The summed E-state index contributed by atoms with van der Waals surface area (Å²) in [4.78, 5) is 24.0. The molecule has 0 aliphatic heterocycles. The zero-order valence-electron chi connectivity index (χ0n) is 23.0. The molecule has 0 saturated heterocycles. The molecule has 42 heavy (non-hydrogen) atoms. The maximum absolute atomic E-state index is 13.6. The standard InChI is InChI=1S/C32H32F5NO4/c33-26-27(34)29(36)31(30(37)28(26)35)42-25(39)17-7-5-3-1-2-4-6-12-18-38-32(40)41-19-24-22-15-10-8-13-20(22)21-14-9-11-16-23(21)24/h8-11,13-16,24H,1-7,12,17-19H2,(H,38,40). The van der Waals surface area contributed by atoms with Crippen LogP contribution >= 0.6 is 0 Å². The molecular weight excluding hydrogens is 557 g/mol. The van der Waals surface area contributed by atoms with Crippen LogP contribution < -0.4 is 10.1 Å². The minimum absolute atomic E-state index is 0.0174. The van der Waals surface area contributed by atoms with E-state index in [4.69, 9.17) is 4.74 Å². The monoisotopic (exact) mass is 589 g/mol. The molecule has 0 radical (unpaired) electrons. The van der Waals surface area contributed by atoms with E-state index >= 15 is 0 Å². The summed E-state index contributed by atoms with van der Waals surface area (Å²) in [5.41, 5.74) is 4.68. The maximum atomic E-state index is 13.6. The van der Waals surface area contributed by atoms with Crippen LogP contribution in [0.4, 0.5) is 26.7 Å². The SMILES string of the molecule is O=C(CCCCCCCCCCNC(=O)OCC1c2ccccc2-c2ccccc21)Oc1c(F)c(F)c(F)c(F)c1F. The van der Waals surface area contributed by atoms with Gasteiger partial charge in [0.1, 0.15) is 6.61 Å². The Kier molecular flexibility index (Phi) is 10.9. The van der Waals surface area contributed by atoms with Gasteiger partial charge in [-0.3, -0.25) is 4.79 Å². The summed E-state index contributed by atoms with van der Waals surface area (Å²) in [6.07, 6.45) is 5.76. The number of carbonyl (C=O) groups excluding carboxylic acids is 2. The molecule has 224 valence electrons. The first-order valence-electron chi connectivity index (χ1n) is 14.1. The third-order valence-corrected chi connectivity index (χ3v) is 7.31. The van der Waals surface area contributed by atoms with E-state index in [2.05, 4.69) is 34.3 Å². The second-order valence-corrected chi connectivity index (χ2v) is 10.2. The number of alkyl carbamates (subject to hydrolysis) is 1. The number of carbonyl (C=O) groups is 2. The third kappa shape index (κ3) is 7.46. The fourth-order valence-corrected chi connectivity index (χ4v) is 5.13. The lowest BCUT2D eigenvalue weighted by atomic mass is 9.98. The first kappa shape index (κ1) is 31.0. The van der Waals surface area contributed by atoms with Gasteiger partial charge in [-0.05, 0) is 35.1 Å². The van der Waals surface area contributed by atoms with E-state index in [1.54, 1.807) is 0 Å². The van der Waals surface area contributed by atoms with Gasteiger partial charge in [-0.15, -0.1) is 0 Å². The Bertz CT molecular complexity index is 1340. The van der Waals surface area contributed by atoms with Crippen molar-refractivity contribution in [3.63, 3.8) is 0 Å². The highest BCUT2D eigenvalue weighted by atomic mass is 19.2. The van der Waals surface area contributed by atoms with Crippen LogP contribution in [0, 0.1) is 29.1 Å². The highest BCUT2D eigenvalue weighted by Crippen LogP contribution is 2.44. The molecule has 0 fully saturated rings. The number of ether oxygens (including phenoxy) is 2. The number of benzene rings is 3. The van der Waals surface area contributed by atoms with Crippen LogP contribution in [-0.2, 0) is 9.53 Å². The van der Waals surface area contributed by atoms with E-state index in [1.807, 2.05) is 24.3 Å². The normalized spacial score (nSPS) is 12.1. The number of unbranched alkanes of at least 4 members (excludes halogenated alkanes) is 7. The molecule has 1 N–H and O–H groups in total. The number of hydrogen-bond acceptors (Lipinski definition) is 4. The third-order valence-electron chi connectivity index (χ3n) is 7.31. The summed E-state index contributed by atoms with van der Waals surface area (Å²) >= 11 is 0. The van der Waals surface area contributed by atoms with Gasteiger partial charge in [-0.1, -0.05) is 87.1 Å². The fourth-order valence-electron chi connectivity index (χ4n) is 5.13. The first-order valence-corrected chi connectivity index (χ1v) is 14.1. The van der Waals surface area contributed by atoms with Crippen molar-refractivity contribution in [2.75, 3.05) is 13.2 Å². The predicted octanol–water partition coefficient (Wildman–Crippen LogP) is 8.34. The van der Waals surface area contributed by atoms with Crippen molar-refractivity contribution >= 4 is 12.1 Å².